The maximum absolute atomic E-state index is 12.5. The largest absolute Gasteiger partial charge is 0.497 e. The lowest BCUT2D eigenvalue weighted by Crippen LogP contribution is -2.46. The molecule has 30 heavy (non-hydrogen) atoms. The van der Waals surface area contributed by atoms with E-state index in [1.165, 1.54) is 0 Å². The average molecular weight is 426 g/mol. The van der Waals surface area contributed by atoms with Crippen molar-refractivity contribution in [3.63, 3.8) is 0 Å². The number of amides is 1. The molecule has 2 aromatic rings. The number of rotatable bonds is 6. The highest BCUT2D eigenvalue weighted by atomic mass is 32.1. The summed E-state index contributed by atoms with van der Waals surface area (Å²) in [5.74, 6) is 1.35. The Balaban J connectivity index is 2.10. The van der Waals surface area contributed by atoms with Crippen LogP contribution in [0.15, 0.2) is 53.1 Å². The Morgan fingerprint density at radius 2 is 1.80 bits per heavy atom. The van der Waals surface area contributed by atoms with Crippen molar-refractivity contribution in [1.82, 2.24) is 5.32 Å². The minimum absolute atomic E-state index is 0.0138. The molecule has 3 rings (SSSR count). The van der Waals surface area contributed by atoms with Crippen LogP contribution in [0.4, 0.5) is 5.69 Å². The van der Waals surface area contributed by atoms with E-state index in [-0.39, 0.29) is 16.7 Å². The second-order valence-electron chi connectivity index (χ2n) is 6.83. The molecule has 8 heteroatoms. The number of carbonyl (C=O) groups excluding carboxylic acids is 1. The molecular weight excluding hydrogens is 402 g/mol. The van der Waals surface area contributed by atoms with Crippen molar-refractivity contribution in [3.05, 3.63) is 58.6 Å². The topological polar surface area (TPSA) is 83.8 Å². The van der Waals surface area contributed by atoms with E-state index in [0.717, 1.165) is 11.3 Å². The van der Waals surface area contributed by atoms with Gasteiger partial charge in [-0.1, -0.05) is 6.07 Å². The third kappa shape index (κ3) is 4.16. The van der Waals surface area contributed by atoms with Gasteiger partial charge >= 0.3 is 0 Å². The molecule has 0 saturated heterocycles. The molecule has 0 aliphatic carbocycles. The van der Waals surface area contributed by atoms with Gasteiger partial charge in [-0.15, -0.1) is 12.6 Å². The van der Waals surface area contributed by atoms with E-state index >= 15 is 0 Å². The van der Waals surface area contributed by atoms with Crippen molar-refractivity contribution < 1.29 is 19.0 Å². The Morgan fingerprint density at radius 1 is 1.10 bits per heavy atom. The summed E-state index contributed by atoms with van der Waals surface area (Å²) in [6.45, 7) is 3.86. The molecule has 0 fully saturated rings. The van der Waals surface area contributed by atoms with Crippen molar-refractivity contribution in [2.45, 2.75) is 26.1 Å². The molecule has 1 N–H and O–H groups in total. The number of benzene rings is 2. The third-order valence-electron chi connectivity index (χ3n) is 4.53. The zero-order chi connectivity index (χ0) is 21.8. The van der Waals surface area contributed by atoms with Gasteiger partial charge in [0, 0.05) is 5.69 Å². The zero-order valence-electron chi connectivity index (χ0n) is 17.2. The first-order valence-electron chi connectivity index (χ1n) is 9.31. The molecule has 0 spiro atoms. The van der Waals surface area contributed by atoms with Gasteiger partial charge in [-0.3, -0.25) is 4.79 Å². The van der Waals surface area contributed by atoms with Gasteiger partial charge in [-0.25, -0.2) is 0 Å². The molecule has 0 radical (unpaired) electrons. The molecule has 1 amide bonds. The number of nitriles is 1. The highest BCUT2D eigenvalue weighted by Crippen LogP contribution is 2.39. The number of methoxy groups -OCH3 is 2. The fourth-order valence-corrected chi connectivity index (χ4v) is 3.54. The minimum atomic E-state index is -0.600. The Kier molecular flexibility index (Phi) is 6.43. The van der Waals surface area contributed by atoms with Crippen LogP contribution in [0.25, 0.3) is 0 Å². The molecule has 0 unspecified atom stereocenters. The smallest absolute Gasteiger partial charge is 0.266 e. The maximum Gasteiger partial charge on any atom is 0.266 e. The molecule has 0 saturated carbocycles. The van der Waals surface area contributed by atoms with E-state index in [2.05, 4.69) is 17.9 Å². The summed E-state index contributed by atoms with van der Waals surface area (Å²) in [4.78, 5) is 14.3. The molecule has 1 aliphatic rings. The van der Waals surface area contributed by atoms with Crippen LogP contribution in [0.1, 0.15) is 25.6 Å². The summed E-state index contributed by atoms with van der Waals surface area (Å²) in [5.41, 5.74) is 1.42. The van der Waals surface area contributed by atoms with E-state index in [1.807, 2.05) is 38.1 Å². The lowest BCUT2D eigenvalue weighted by atomic mass is 10.1. The SMILES string of the molecule is COc1ccc(N2C(S)=C(C#N)C(=O)N[C@@H]2c2ccc(OC(C)C)c(OC)c2)cc1. The minimum Gasteiger partial charge on any atom is -0.497 e. The Hall–Kier alpha value is -3.31. The van der Waals surface area contributed by atoms with Crippen LogP contribution in [-0.4, -0.2) is 26.2 Å². The van der Waals surface area contributed by atoms with Gasteiger partial charge < -0.3 is 24.4 Å². The number of nitrogens with one attached hydrogen (secondary N) is 1. The van der Waals surface area contributed by atoms with Gasteiger partial charge in [0.05, 0.1) is 25.4 Å². The predicted octanol–water partition coefficient (Wildman–Crippen LogP) is 3.79. The summed E-state index contributed by atoms with van der Waals surface area (Å²) >= 11 is 4.51. The number of carbonyl (C=O) groups is 1. The van der Waals surface area contributed by atoms with Crippen LogP contribution in [0.2, 0.25) is 0 Å². The van der Waals surface area contributed by atoms with E-state index in [1.54, 1.807) is 43.4 Å². The number of nitrogens with zero attached hydrogens (tertiary/aromatic N) is 2. The molecular formula is C22H23N3O4S. The second-order valence-corrected chi connectivity index (χ2v) is 7.25. The number of anilines is 1. The summed E-state index contributed by atoms with van der Waals surface area (Å²) in [7, 11) is 3.15. The van der Waals surface area contributed by atoms with Crippen molar-refractivity contribution in [2.24, 2.45) is 0 Å². The standard InChI is InChI=1S/C22H23N3O4S/c1-13(2)29-18-10-5-14(11-19(18)28-4)20-24-21(26)17(12-23)22(30)25(20)15-6-8-16(27-3)9-7-15/h5-11,13,20,30H,1-4H3,(H,24,26)/t20-/m0/s1. The maximum atomic E-state index is 12.5. The monoisotopic (exact) mass is 425 g/mol. The molecule has 0 aromatic heterocycles. The van der Waals surface area contributed by atoms with Crippen LogP contribution in [0.5, 0.6) is 17.2 Å². The van der Waals surface area contributed by atoms with Crippen molar-refractivity contribution in [2.75, 3.05) is 19.1 Å². The van der Waals surface area contributed by atoms with Crippen molar-refractivity contribution in [3.8, 4) is 23.3 Å². The molecule has 1 heterocycles. The highest BCUT2D eigenvalue weighted by Gasteiger charge is 2.34. The Bertz CT molecular complexity index is 1010. The first-order valence-corrected chi connectivity index (χ1v) is 9.76. The highest BCUT2D eigenvalue weighted by molar-refractivity contribution is 7.84. The lowest BCUT2D eigenvalue weighted by Gasteiger charge is -2.38. The number of ether oxygens (including phenoxy) is 3. The van der Waals surface area contributed by atoms with Gasteiger partial charge in [0.15, 0.2) is 11.5 Å². The average Bonchev–Trinajstić information content (AvgIpc) is 2.73. The van der Waals surface area contributed by atoms with Crippen molar-refractivity contribution in [1.29, 1.82) is 5.26 Å². The van der Waals surface area contributed by atoms with Crippen LogP contribution in [-0.2, 0) is 4.79 Å². The lowest BCUT2D eigenvalue weighted by molar-refractivity contribution is -0.118. The number of hydrogen-bond acceptors (Lipinski definition) is 7. The first-order chi connectivity index (χ1) is 14.4. The number of hydrogen-bond donors (Lipinski definition) is 2. The molecule has 1 aliphatic heterocycles. The van der Waals surface area contributed by atoms with Crippen molar-refractivity contribution >= 4 is 24.2 Å². The summed E-state index contributed by atoms with van der Waals surface area (Å²) in [5, 5.41) is 12.6. The molecule has 7 nitrogen and oxygen atoms in total. The fourth-order valence-electron chi connectivity index (χ4n) is 3.16. The summed E-state index contributed by atoms with van der Waals surface area (Å²) < 4.78 is 16.5. The van der Waals surface area contributed by atoms with Crippen LogP contribution < -0.4 is 24.4 Å². The molecule has 2 aromatic carbocycles. The molecule has 1 atom stereocenters. The third-order valence-corrected chi connectivity index (χ3v) is 4.97. The fraction of sp³-hybridized carbons (Fsp3) is 0.273. The molecule has 156 valence electrons. The van der Waals surface area contributed by atoms with Crippen LogP contribution >= 0.6 is 12.6 Å². The zero-order valence-corrected chi connectivity index (χ0v) is 18.1. The first kappa shape index (κ1) is 21.4. The summed E-state index contributed by atoms with van der Waals surface area (Å²) in [6, 6.07) is 14.7. The predicted molar refractivity (Wildman–Crippen MR) is 117 cm³/mol. The van der Waals surface area contributed by atoms with E-state index < -0.39 is 12.1 Å². The van der Waals surface area contributed by atoms with E-state index in [4.69, 9.17) is 14.2 Å². The van der Waals surface area contributed by atoms with Gasteiger partial charge in [0.25, 0.3) is 5.91 Å². The van der Waals surface area contributed by atoms with Gasteiger partial charge in [0.1, 0.15) is 23.6 Å². The Labute approximate surface area is 181 Å². The normalized spacial score (nSPS) is 16.2. The van der Waals surface area contributed by atoms with Crippen LogP contribution in [0, 0.1) is 11.3 Å². The van der Waals surface area contributed by atoms with Gasteiger partial charge in [-0.05, 0) is 55.8 Å². The summed E-state index contributed by atoms with van der Waals surface area (Å²) in [6.07, 6.45) is -0.613. The number of thiol groups is 1. The quantitative estimate of drug-likeness (QED) is 0.685. The van der Waals surface area contributed by atoms with Gasteiger partial charge in [0.2, 0.25) is 0 Å². The Morgan fingerprint density at radius 3 is 2.37 bits per heavy atom. The van der Waals surface area contributed by atoms with Gasteiger partial charge in [-0.2, -0.15) is 5.26 Å². The molecule has 0 bridgehead atoms. The van der Waals surface area contributed by atoms with E-state index in [9.17, 15) is 10.1 Å². The van der Waals surface area contributed by atoms with E-state index in [0.29, 0.717) is 17.2 Å². The second kappa shape index (κ2) is 9.01. The van der Waals surface area contributed by atoms with Crippen LogP contribution in [0.3, 0.4) is 0 Å².